The summed E-state index contributed by atoms with van der Waals surface area (Å²) in [4.78, 5) is 0. The molecule has 0 saturated carbocycles. The number of alkyl halides is 2. The van der Waals surface area contributed by atoms with Crippen molar-refractivity contribution < 1.29 is 8.78 Å². The van der Waals surface area contributed by atoms with Gasteiger partial charge in [-0.3, -0.25) is 4.68 Å². The van der Waals surface area contributed by atoms with Crippen molar-refractivity contribution in [2.24, 2.45) is 0 Å². The molecule has 1 heterocycles. The van der Waals surface area contributed by atoms with E-state index in [9.17, 15) is 8.78 Å². The van der Waals surface area contributed by atoms with Gasteiger partial charge in [0.15, 0.2) is 0 Å². The van der Waals surface area contributed by atoms with Gasteiger partial charge in [0.1, 0.15) is 6.54 Å². The van der Waals surface area contributed by atoms with Crippen LogP contribution in [0.2, 0.25) is 0 Å². The zero-order valence-corrected chi connectivity index (χ0v) is 9.89. The first kappa shape index (κ1) is 12.7. The summed E-state index contributed by atoms with van der Waals surface area (Å²) < 4.78 is 25.5. The van der Waals surface area contributed by atoms with Crippen LogP contribution in [0.25, 0.3) is 0 Å². The highest BCUT2D eigenvalue weighted by Gasteiger charge is 2.05. The molecule has 96 valence electrons. The predicted octanol–water partition coefficient (Wildman–Crippen LogP) is 2.44. The van der Waals surface area contributed by atoms with E-state index in [0.717, 1.165) is 12.1 Å². The lowest BCUT2D eigenvalue weighted by molar-refractivity contribution is 0.122. The zero-order valence-electron chi connectivity index (χ0n) is 9.89. The van der Waals surface area contributed by atoms with Crippen LogP contribution in [0.15, 0.2) is 42.7 Å². The Balaban J connectivity index is 1.78. The van der Waals surface area contributed by atoms with Gasteiger partial charge in [-0.05, 0) is 5.56 Å². The molecule has 1 aromatic carbocycles. The molecule has 0 atom stereocenters. The number of nitrogens with zero attached hydrogens (tertiary/aromatic N) is 2. The quantitative estimate of drug-likeness (QED) is 0.854. The van der Waals surface area contributed by atoms with Gasteiger partial charge in [0.05, 0.1) is 6.20 Å². The minimum Gasteiger partial charge on any atom is -0.309 e. The van der Waals surface area contributed by atoms with Crippen molar-refractivity contribution in [1.29, 1.82) is 0 Å². The van der Waals surface area contributed by atoms with Gasteiger partial charge < -0.3 is 5.32 Å². The molecule has 0 spiro atoms. The van der Waals surface area contributed by atoms with Crippen molar-refractivity contribution in [3.63, 3.8) is 0 Å². The van der Waals surface area contributed by atoms with Crippen LogP contribution in [0.4, 0.5) is 8.78 Å². The summed E-state index contributed by atoms with van der Waals surface area (Å²) >= 11 is 0. The predicted molar refractivity (Wildman–Crippen MR) is 65.2 cm³/mol. The Morgan fingerprint density at radius 2 is 1.83 bits per heavy atom. The van der Waals surface area contributed by atoms with Crippen LogP contribution in [-0.2, 0) is 19.6 Å². The second-order valence-electron chi connectivity index (χ2n) is 4.05. The third kappa shape index (κ3) is 3.92. The second kappa shape index (κ2) is 6.26. The number of hydrogen-bond acceptors (Lipinski definition) is 2. The van der Waals surface area contributed by atoms with E-state index >= 15 is 0 Å². The first-order chi connectivity index (χ1) is 8.74. The molecular formula is C13H15F2N3. The maximum atomic E-state index is 12.1. The minimum absolute atomic E-state index is 0.349. The molecule has 2 rings (SSSR count). The molecule has 0 aliphatic rings. The summed E-state index contributed by atoms with van der Waals surface area (Å²) in [5, 5.41) is 7.12. The molecule has 0 unspecified atom stereocenters. The molecule has 0 aliphatic heterocycles. The smallest absolute Gasteiger partial charge is 0.257 e. The fraction of sp³-hybridized carbons (Fsp3) is 0.308. The van der Waals surface area contributed by atoms with Crippen molar-refractivity contribution in [3.8, 4) is 0 Å². The van der Waals surface area contributed by atoms with Crippen molar-refractivity contribution in [2.75, 3.05) is 0 Å². The Bertz CT molecular complexity index is 468. The average Bonchev–Trinajstić information content (AvgIpc) is 2.77. The van der Waals surface area contributed by atoms with Crippen molar-refractivity contribution in [3.05, 3.63) is 53.9 Å². The molecule has 18 heavy (non-hydrogen) atoms. The summed E-state index contributed by atoms with van der Waals surface area (Å²) in [6.07, 6.45) is 0.889. The molecule has 0 radical (unpaired) electrons. The summed E-state index contributed by atoms with van der Waals surface area (Å²) in [6, 6.07) is 10.0. The van der Waals surface area contributed by atoms with Crippen LogP contribution >= 0.6 is 0 Å². The lowest BCUT2D eigenvalue weighted by atomic mass is 10.2. The van der Waals surface area contributed by atoms with Crippen molar-refractivity contribution >= 4 is 0 Å². The molecule has 0 saturated heterocycles. The lowest BCUT2D eigenvalue weighted by Crippen LogP contribution is -2.12. The standard InChI is InChI=1S/C13H15F2N3/c14-13(15)10-18-9-12(8-17-18)7-16-6-11-4-2-1-3-5-11/h1-5,8-9,13,16H,6-7,10H2. The lowest BCUT2D eigenvalue weighted by Gasteiger charge is -2.02. The van der Waals surface area contributed by atoms with Gasteiger partial charge in [0, 0.05) is 24.8 Å². The summed E-state index contributed by atoms with van der Waals surface area (Å²) in [6.45, 7) is 1.03. The van der Waals surface area contributed by atoms with Crippen LogP contribution in [0.3, 0.4) is 0 Å². The fourth-order valence-electron chi connectivity index (χ4n) is 1.69. The molecule has 1 N–H and O–H groups in total. The highest BCUT2D eigenvalue weighted by molar-refractivity contribution is 5.14. The monoisotopic (exact) mass is 251 g/mol. The summed E-state index contributed by atoms with van der Waals surface area (Å²) in [5.41, 5.74) is 2.10. The molecule has 0 fully saturated rings. The SMILES string of the molecule is FC(F)Cn1cc(CNCc2ccccc2)cn1. The number of nitrogens with one attached hydrogen (secondary N) is 1. The maximum Gasteiger partial charge on any atom is 0.257 e. The number of halogens is 2. The van der Waals surface area contributed by atoms with Crippen molar-refractivity contribution in [2.45, 2.75) is 26.1 Å². The normalized spacial score (nSPS) is 11.1. The van der Waals surface area contributed by atoms with E-state index in [1.54, 1.807) is 12.4 Å². The van der Waals surface area contributed by atoms with E-state index in [4.69, 9.17) is 0 Å². The molecule has 2 aromatic rings. The largest absolute Gasteiger partial charge is 0.309 e. The maximum absolute atomic E-state index is 12.1. The highest BCUT2D eigenvalue weighted by atomic mass is 19.3. The molecule has 1 aromatic heterocycles. The van der Waals surface area contributed by atoms with E-state index in [1.165, 1.54) is 10.2 Å². The van der Waals surface area contributed by atoms with E-state index in [2.05, 4.69) is 10.4 Å². The fourth-order valence-corrected chi connectivity index (χ4v) is 1.69. The van der Waals surface area contributed by atoms with Gasteiger partial charge in [-0.25, -0.2) is 8.78 Å². The third-order valence-electron chi connectivity index (χ3n) is 2.51. The molecule has 3 nitrogen and oxygen atoms in total. The molecular weight excluding hydrogens is 236 g/mol. The van der Waals surface area contributed by atoms with Gasteiger partial charge >= 0.3 is 0 Å². The first-order valence-corrected chi connectivity index (χ1v) is 5.78. The number of benzene rings is 1. The van der Waals surface area contributed by atoms with Crippen molar-refractivity contribution in [1.82, 2.24) is 15.1 Å². The molecule has 5 heteroatoms. The Labute approximate surface area is 104 Å². The zero-order chi connectivity index (χ0) is 12.8. The molecule has 0 amide bonds. The summed E-state index contributed by atoms with van der Waals surface area (Å²) in [7, 11) is 0. The Kier molecular flexibility index (Phi) is 4.41. The topological polar surface area (TPSA) is 29.9 Å². The third-order valence-corrected chi connectivity index (χ3v) is 2.51. The van der Waals surface area contributed by atoms with Gasteiger partial charge in [-0.2, -0.15) is 5.10 Å². The van der Waals surface area contributed by atoms with Gasteiger partial charge in [-0.15, -0.1) is 0 Å². The van der Waals surface area contributed by atoms with Crippen LogP contribution in [0.5, 0.6) is 0 Å². The minimum atomic E-state index is -2.37. The number of rotatable bonds is 6. The Morgan fingerprint density at radius 1 is 1.11 bits per heavy atom. The van der Waals surface area contributed by atoms with Gasteiger partial charge in [0.25, 0.3) is 6.43 Å². The second-order valence-corrected chi connectivity index (χ2v) is 4.05. The van der Waals surface area contributed by atoms with Crippen LogP contribution in [0, 0.1) is 0 Å². The van der Waals surface area contributed by atoms with Crippen LogP contribution < -0.4 is 5.32 Å². The van der Waals surface area contributed by atoms with E-state index < -0.39 is 6.43 Å². The number of aromatic nitrogens is 2. The van der Waals surface area contributed by atoms with Crippen LogP contribution in [-0.4, -0.2) is 16.2 Å². The average molecular weight is 251 g/mol. The Hall–Kier alpha value is -1.75. The molecule has 0 aliphatic carbocycles. The van der Waals surface area contributed by atoms with E-state index in [0.29, 0.717) is 6.54 Å². The number of hydrogen-bond donors (Lipinski definition) is 1. The highest BCUT2D eigenvalue weighted by Crippen LogP contribution is 2.03. The first-order valence-electron chi connectivity index (χ1n) is 5.78. The van der Waals surface area contributed by atoms with E-state index in [-0.39, 0.29) is 6.54 Å². The summed E-state index contributed by atoms with van der Waals surface area (Å²) in [5.74, 6) is 0. The Morgan fingerprint density at radius 3 is 2.56 bits per heavy atom. The van der Waals surface area contributed by atoms with E-state index in [1.807, 2.05) is 30.3 Å². The van der Waals surface area contributed by atoms with Crippen LogP contribution in [0.1, 0.15) is 11.1 Å². The molecule has 0 bridgehead atoms. The van der Waals surface area contributed by atoms with Gasteiger partial charge in [-0.1, -0.05) is 30.3 Å². The van der Waals surface area contributed by atoms with Gasteiger partial charge in [0.2, 0.25) is 0 Å².